The Morgan fingerprint density at radius 2 is 1.51 bits per heavy atom. The number of hydrogen-bond donors (Lipinski definition) is 4. The number of ether oxygens (including phenoxy) is 4. The molecule has 3 atom stereocenters. The van der Waals surface area contributed by atoms with Crippen molar-refractivity contribution in [3.05, 3.63) is 41.0 Å². The van der Waals surface area contributed by atoms with E-state index in [0.717, 1.165) is 21.7 Å². The highest BCUT2D eigenvalue weighted by atomic mass is 32.1. The number of aromatic nitrogens is 1. The number of aliphatic hydroxyl groups is 1. The van der Waals surface area contributed by atoms with Gasteiger partial charge >= 0.3 is 5.97 Å². The zero-order valence-corrected chi connectivity index (χ0v) is 29.6. The fourth-order valence-corrected chi connectivity index (χ4v) is 5.91. The Labute approximate surface area is 291 Å². The smallest absolute Gasteiger partial charge is 0.305 e. The summed E-state index contributed by atoms with van der Waals surface area (Å²) >= 11 is 1.57. The number of nitrogens with one attached hydrogen (secondary N) is 2. The summed E-state index contributed by atoms with van der Waals surface area (Å²) in [5, 5.41) is 24.7. The number of carbonyl (C=O) groups excluding carboxylic acids is 3. The number of nitrogens with zero attached hydrogens (tertiary/aromatic N) is 2. The summed E-state index contributed by atoms with van der Waals surface area (Å²) in [5.74, 6) is -2.07. The molecule has 1 aromatic carbocycles. The molecular formula is C34H50N4O10S. The highest BCUT2D eigenvalue weighted by molar-refractivity contribution is 7.13. The van der Waals surface area contributed by atoms with E-state index in [9.17, 15) is 24.3 Å². The quantitative estimate of drug-likeness (QED) is 0.140. The standard InChI is InChI=1S/C34H50N4O10S/c1-23-30(49-22-36-23)25-7-5-24(6-8-25)20-35-32(43)27-19-26(39)21-38(27)33(44)31(34(2,3)4)37-28(40)9-11-45-13-15-47-17-18-48-16-14-46-12-10-29(41)42/h5-8,22,26-27,31,39H,9-21H2,1-4H3,(H,35,43)(H,37,40)(H,41,42)/t26-,27+,31?/m1/s1. The van der Waals surface area contributed by atoms with Crippen LogP contribution < -0.4 is 10.6 Å². The van der Waals surface area contributed by atoms with Crippen LogP contribution in [-0.4, -0.2) is 121 Å². The van der Waals surface area contributed by atoms with Crippen LogP contribution in [0.15, 0.2) is 29.8 Å². The van der Waals surface area contributed by atoms with Gasteiger partial charge in [-0.05, 0) is 23.5 Å². The topological polar surface area (TPSA) is 186 Å². The van der Waals surface area contributed by atoms with Crippen LogP contribution in [0.3, 0.4) is 0 Å². The molecule has 0 radical (unpaired) electrons. The van der Waals surface area contributed by atoms with Gasteiger partial charge in [0.05, 0.1) is 81.5 Å². The number of amides is 3. The van der Waals surface area contributed by atoms with Gasteiger partial charge in [-0.1, -0.05) is 45.0 Å². The number of hydrogen-bond acceptors (Lipinski definition) is 11. The fourth-order valence-electron chi connectivity index (χ4n) is 5.10. The summed E-state index contributed by atoms with van der Waals surface area (Å²) in [5.41, 5.74) is 4.05. The van der Waals surface area contributed by atoms with E-state index < -0.39 is 35.5 Å². The largest absolute Gasteiger partial charge is 0.481 e. The van der Waals surface area contributed by atoms with Crippen LogP contribution >= 0.6 is 11.3 Å². The summed E-state index contributed by atoms with van der Waals surface area (Å²) in [7, 11) is 0. The summed E-state index contributed by atoms with van der Waals surface area (Å²) in [6.45, 7) is 9.91. The molecular weight excluding hydrogens is 656 g/mol. The average Bonchev–Trinajstić information content (AvgIpc) is 3.67. The van der Waals surface area contributed by atoms with Crippen LogP contribution in [-0.2, 0) is 44.7 Å². The maximum absolute atomic E-state index is 13.8. The molecule has 0 spiro atoms. The predicted molar refractivity (Wildman–Crippen MR) is 182 cm³/mol. The normalized spacial score (nSPS) is 16.8. The molecule has 2 heterocycles. The van der Waals surface area contributed by atoms with Crippen LogP contribution in [0.4, 0.5) is 0 Å². The van der Waals surface area contributed by atoms with Crippen molar-refractivity contribution in [1.29, 1.82) is 0 Å². The molecule has 272 valence electrons. The minimum absolute atomic E-state index is 0.00299. The Kier molecular flexibility index (Phi) is 16.5. The van der Waals surface area contributed by atoms with Crippen molar-refractivity contribution in [1.82, 2.24) is 20.5 Å². The average molecular weight is 707 g/mol. The lowest BCUT2D eigenvalue weighted by molar-refractivity contribution is -0.144. The van der Waals surface area contributed by atoms with E-state index in [0.29, 0.717) is 33.0 Å². The van der Waals surface area contributed by atoms with Gasteiger partial charge in [-0.25, -0.2) is 4.98 Å². The second kappa shape index (κ2) is 20.3. The lowest BCUT2D eigenvalue weighted by Crippen LogP contribution is -2.57. The number of rotatable bonds is 21. The van der Waals surface area contributed by atoms with E-state index in [1.165, 1.54) is 4.90 Å². The van der Waals surface area contributed by atoms with E-state index in [2.05, 4.69) is 15.6 Å². The maximum atomic E-state index is 13.8. The number of β-amino-alcohol motifs (C(OH)–C–C–N with tert-alkyl or cyclic N) is 1. The van der Waals surface area contributed by atoms with Crippen molar-refractivity contribution in [2.45, 2.75) is 71.7 Å². The first-order chi connectivity index (χ1) is 23.4. The van der Waals surface area contributed by atoms with E-state index in [-0.39, 0.29) is 64.0 Å². The number of carbonyl (C=O) groups is 4. The number of carboxylic acid groups (broad SMARTS) is 1. The summed E-state index contributed by atoms with van der Waals surface area (Å²) in [6.07, 6.45) is -0.767. The minimum Gasteiger partial charge on any atom is -0.481 e. The second-order valence-corrected chi connectivity index (χ2v) is 13.6. The molecule has 1 saturated heterocycles. The van der Waals surface area contributed by atoms with E-state index in [4.69, 9.17) is 24.1 Å². The van der Waals surface area contributed by atoms with Crippen molar-refractivity contribution in [3.63, 3.8) is 0 Å². The SMILES string of the molecule is Cc1ncsc1-c1ccc(CNC(=O)[C@@H]2C[C@@H](O)CN2C(=O)C(NC(=O)CCOCCOCCOCCOCCC(=O)O)C(C)(C)C)cc1. The fraction of sp³-hybridized carbons (Fsp3) is 0.618. The van der Waals surface area contributed by atoms with Crippen LogP contribution in [0.25, 0.3) is 10.4 Å². The first kappa shape index (κ1) is 40.0. The molecule has 2 aromatic rings. The van der Waals surface area contributed by atoms with Gasteiger partial charge in [0.2, 0.25) is 17.7 Å². The van der Waals surface area contributed by atoms with Gasteiger partial charge in [-0.2, -0.15) is 0 Å². The number of likely N-dealkylation sites (tertiary alicyclic amines) is 1. The Morgan fingerprint density at radius 3 is 2.04 bits per heavy atom. The molecule has 15 heteroatoms. The Balaban J connectivity index is 1.38. The first-order valence-electron chi connectivity index (χ1n) is 16.4. The molecule has 1 aliphatic heterocycles. The van der Waals surface area contributed by atoms with Crippen LogP contribution in [0.2, 0.25) is 0 Å². The van der Waals surface area contributed by atoms with Gasteiger partial charge < -0.3 is 44.7 Å². The van der Waals surface area contributed by atoms with Crippen molar-refractivity contribution < 1.29 is 48.3 Å². The molecule has 1 aromatic heterocycles. The zero-order chi connectivity index (χ0) is 35.8. The van der Waals surface area contributed by atoms with Crippen molar-refractivity contribution in [2.24, 2.45) is 5.41 Å². The van der Waals surface area contributed by atoms with Crippen LogP contribution in [0.5, 0.6) is 0 Å². The third kappa shape index (κ3) is 13.8. The summed E-state index contributed by atoms with van der Waals surface area (Å²) in [6, 6.07) is 6.06. The number of aliphatic carboxylic acids is 1. The Morgan fingerprint density at radius 1 is 0.939 bits per heavy atom. The number of carboxylic acids is 1. The van der Waals surface area contributed by atoms with Gasteiger partial charge in [-0.3, -0.25) is 19.2 Å². The van der Waals surface area contributed by atoms with Crippen molar-refractivity contribution >= 4 is 35.0 Å². The first-order valence-corrected chi connectivity index (χ1v) is 17.3. The monoisotopic (exact) mass is 706 g/mol. The lowest BCUT2D eigenvalue weighted by atomic mass is 9.85. The highest BCUT2D eigenvalue weighted by Crippen LogP contribution is 2.28. The third-order valence-corrected chi connectivity index (χ3v) is 8.74. The molecule has 14 nitrogen and oxygen atoms in total. The molecule has 1 fully saturated rings. The minimum atomic E-state index is -0.922. The van der Waals surface area contributed by atoms with E-state index in [1.807, 2.05) is 57.5 Å². The molecule has 1 aliphatic rings. The maximum Gasteiger partial charge on any atom is 0.305 e. The Hall–Kier alpha value is -3.47. The molecule has 4 N–H and O–H groups in total. The Bertz CT molecular complexity index is 1350. The van der Waals surface area contributed by atoms with Crippen LogP contribution in [0.1, 0.15) is 51.3 Å². The molecule has 3 amide bonds. The molecule has 49 heavy (non-hydrogen) atoms. The number of benzene rings is 1. The number of thiazole rings is 1. The third-order valence-electron chi connectivity index (χ3n) is 7.76. The lowest BCUT2D eigenvalue weighted by Gasteiger charge is -2.35. The molecule has 1 unspecified atom stereocenters. The highest BCUT2D eigenvalue weighted by Gasteiger charge is 2.44. The van der Waals surface area contributed by atoms with Crippen LogP contribution in [0, 0.1) is 12.3 Å². The molecule has 0 bridgehead atoms. The van der Waals surface area contributed by atoms with Gasteiger partial charge in [-0.15, -0.1) is 11.3 Å². The molecule has 0 aliphatic carbocycles. The predicted octanol–water partition coefficient (Wildman–Crippen LogP) is 2.16. The van der Waals surface area contributed by atoms with Gasteiger partial charge in [0.25, 0.3) is 0 Å². The molecule has 3 rings (SSSR count). The zero-order valence-electron chi connectivity index (χ0n) is 28.8. The van der Waals surface area contributed by atoms with Gasteiger partial charge in [0.15, 0.2) is 0 Å². The van der Waals surface area contributed by atoms with E-state index >= 15 is 0 Å². The van der Waals surface area contributed by atoms with Gasteiger partial charge in [0, 0.05) is 25.9 Å². The number of aliphatic hydroxyl groups excluding tert-OH is 1. The number of aryl methyl sites for hydroxylation is 1. The van der Waals surface area contributed by atoms with Crippen molar-refractivity contribution in [2.75, 3.05) is 59.4 Å². The van der Waals surface area contributed by atoms with E-state index in [1.54, 1.807) is 11.3 Å². The summed E-state index contributed by atoms with van der Waals surface area (Å²) < 4.78 is 21.4. The summed E-state index contributed by atoms with van der Waals surface area (Å²) in [4.78, 5) is 57.1. The van der Waals surface area contributed by atoms with Crippen molar-refractivity contribution in [3.8, 4) is 10.4 Å². The van der Waals surface area contributed by atoms with Gasteiger partial charge in [0.1, 0.15) is 12.1 Å². The molecule has 0 saturated carbocycles. The second-order valence-electron chi connectivity index (χ2n) is 12.8.